The molecule has 0 saturated heterocycles. The van der Waals surface area contributed by atoms with E-state index in [0.29, 0.717) is 98.3 Å². The molecule has 0 spiro atoms. The third-order valence-electron chi connectivity index (χ3n) is 35.6. The molecule has 17 unspecified atom stereocenters. The Kier molecular flexibility index (Phi) is 22.6. The van der Waals surface area contributed by atoms with Crippen molar-refractivity contribution in [3.8, 4) is 40.9 Å². The summed E-state index contributed by atoms with van der Waals surface area (Å²) in [5, 5.41) is 0. The van der Waals surface area contributed by atoms with E-state index in [4.69, 9.17) is 14.2 Å². The lowest BCUT2D eigenvalue weighted by atomic mass is 9.54. The molecule has 20 rings (SSSR count). The van der Waals surface area contributed by atoms with Crippen molar-refractivity contribution in [1.82, 2.24) is 0 Å². The van der Waals surface area contributed by atoms with Gasteiger partial charge in [-0.25, -0.2) is 22.0 Å². The van der Waals surface area contributed by atoms with Crippen LogP contribution in [0, 0.1) is 151 Å². The Morgan fingerprint density at radius 3 is 0.937 bits per heavy atom. The average Bonchev–Trinajstić information content (AvgIpc) is 1.69. The lowest BCUT2D eigenvalue weighted by Gasteiger charge is -2.50. The molecule has 0 bridgehead atoms. The molecule has 111 heavy (non-hydrogen) atoms. The first kappa shape index (κ1) is 79.1. The van der Waals surface area contributed by atoms with Crippen LogP contribution in [0.1, 0.15) is 352 Å². The Labute approximate surface area is 665 Å². The molecule has 0 radical (unpaired) electrons. The standard InChI is InChI=1S/C22H27F.C21H29FO.C21H25F.C20H27FO.C19H25FO/c1-4-5-16-12-19-15(13-21(16)23)7-8-18-17(19)10-11-22(3)14(2)6-9-20(18)22;1-4-23-20-12-17-14(11-19(20)22)6-7-16-15(17)9-10-21(3)13(2)5-8-18(16)21;1-3-5-15-12-18-14(13-20(15)22)7-8-17-16(18)9-11-21(2)10-4-6-19(17)21;1-3-22-19-12-16-13(11-18(19)21)6-7-15-14(16)8-10-20(2)9-4-5-17(15)20;1-19-8-3-4-16(19)14-6-5-12-10-17(20)18(21-2)11-15(12)13(14)7-9-19/h12-14,17-18,20H,6-11H2,1-3H3;11-13,15-16,18H,4-10H2,1-3H3;12-13,16-17,19H,4,6-11H2,1-2H3;11-12,14-15,17H,3-10H2,1-2H3;10-11,13-14,16H,3-9H2,1-2H3/t14?,17?,18?,20?,22-;13?,15?,16?,18?,21-;16?,17?,19?,21-;14?,15?,17?,20-;13?,14?,16?,19-/m11000/s1. The highest BCUT2D eigenvalue weighted by molar-refractivity contribution is 5.49. The average molecular weight is 1510 g/mol. The van der Waals surface area contributed by atoms with Gasteiger partial charge in [-0.1, -0.05) is 79.6 Å². The van der Waals surface area contributed by atoms with Gasteiger partial charge < -0.3 is 14.2 Å². The first-order chi connectivity index (χ1) is 53.4. The zero-order chi connectivity index (χ0) is 77.6. The van der Waals surface area contributed by atoms with Crippen LogP contribution < -0.4 is 14.2 Å². The summed E-state index contributed by atoms with van der Waals surface area (Å²) in [5.74, 6) is 25.5. The number of ether oxygens (including phenoxy) is 3. The molecule has 8 heteroatoms. The van der Waals surface area contributed by atoms with Gasteiger partial charge >= 0.3 is 0 Å². The number of halogens is 5. The zero-order valence-corrected chi connectivity index (χ0v) is 70.0. The van der Waals surface area contributed by atoms with Crippen molar-refractivity contribution >= 4 is 0 Å². The van der Waals surface area contributed by atoms with Gasteiger partial charge in [0.2, 0.25) is 0 Å². The summed E-state index contributed by atoms with van der Waals surface area (Å²) in [6, 6.07) is 19.0. The van der Waals surface area contributed by atoms with E-state index in [1.807, 2.05) is 32.0 Å². The normalized spacial score (nSPS) is 37.3. The predicted molar refractivity (Wildman–Crippen MR) is 441 cm³/mol. The minimum atomic E-state index is -0.198. The van der Waals surface area contributed by atoms with E-state index in [1.165, 1.54) is 235 Å². The summed E-state index contributed by atoms with van der Waals surface area (Å²) in [5.41, 5.74) is 17.3. The number of hydrogen-bond acceptors (Lipinski definition) is 3. The molecule has 598 valence electrons. The minimum absolute atomic E-state index is 0.131. The molecule has 15 aliphatic carbocycles. The first-order valence-electron chi connectivity index (χ1n) is 45.2. The van der Waals surface area contributed by atoms with E-state index < -0.39 is 0 Å². The SMILES string of the molecule is CC#Cc1cc2c(cc1F)CCC1C2CC[C@]2(C)C(C)CCC12.CC#Cc1cc2c(cc1F)CCC1C2CC[C@]2(C)CCCC12.CCOc1cc2c(cc1F)CCC1C2CC[C@]2(C)C(C)CCC12.CCOc1cc2c(cc1F)CCC1C2CC[C@]2(C)CCCC12.COc1cc2c(cc1F)CCC1C2CC[C@]2(C)CCCC12. The summed E-state index contributed by atoms with van der Waals surface area (Å²) < 4.78 is 86.9. The molecule has 5 aromatic rings. The van der Waals surface area contributed by atoms with Crippen LogP contribution >= 0.6 is 0 Å². The Bertz CT molecular complexity index is 4390. The number of methoxy groups -OCH3 is 1. The third kappa shape index (κ3) is 14.3. The van der Waals surface area contributed by atoms with Crippen LogP contribution in [0.25, 0.3) is 0 Å². The first-order valence-corrected chi connectivity index (χ1v) is 45.2. The second kappa shape index (κ2) is 31.7. The molecule has 3 nitrogen and oxygen atoms in total. The van der Waals surface area contributed by atoms with E-state index in [2.05, 4.69) is 84.3 Å². The van der Waals surface area contributed by atoms with Crippen LogP contribution in [0.15, 0.2) is 60.7 Å². The molecule has 0 aliphatic heterocycles. The number of hydrogen-bond donors (Lipinski definition) is 0. The fourth-order valence-corrected chi connectivity index (χ4v) is 29.5. The van der Waals surface area contributed by atoms with Crippen molar-refractivity contribution in [2.75, 3.05) is 20.3 Å². The number of aryl methyl sites for hydroxylation is 5. The van der Waals surface area contributed by atoms with E-state index in [1.54, 1.807) is 51.3 Å². The second-order valence-corrected chi connectivity index (χ2v) is 40.2. The molecule has 0 amide bonds. The second-order valence-electron chi connectivity index (χ2n) is 40.2. The lowest BCUT2D eigenvalue weighted by molar-refractivity contribution is 0.0335. The molecular formula is C103H133F5O3. The van der Waals surface area contributed by atoms with Crippen molar-refractivity contribution in [1.29, 1.82) is 0 Å². The monoisotopic (exact) mass is 1510 g/mol. The smallest absolute Gasteiger partial charge is 0.165 e. The minimum Gasteiger partial charge on any atom is -0.494 e. The maximum Gasteiger partial charge on any atom is 0.165 e. The molecular weight excluding hydrogens is 1380 g/mol. The molecule has 15 aliphatic rings. The highest BCUT2D eigenvalue weighted by atomic mass is 19.1. The van der Waals surface area contributed by atoms with Crippen LogP contribution in [-0.4, -0.2) is 20.3 Å². The van der Waals surface area contributed by atoms with Gasteiger partial charge in [0.1, 0.15) is 11.6 Å². The van der Waals surface area contributed by atoms with Crippen LogP contribution in [0.4, 0.5) is 22.0 Å². The van der Waals surface area contributed by atoms with E-state index >= 15 is 0 Å². The van der Waals surface area contributed by atoms with Gasteiger partial charge in [-0.3, -0.25) is 0 Å². The van der Waals surface area contributed by atoms with Gasteiger partial charge in [-0.2, -0.15) is 0 Å². The van der Waals surface area contributed by atoms with Gasteiger partial charge in [0.15, 0.2) is 34.7 Å². The van der Waals surface area contributed by atoms with Crippen molar-refractivity contribution in [3.05, 3.63) is 157 Å². The summed E-state index contributed by atoms with van der Waals surface area (Å²) in [6.07, 6.45) is 42.9. The third-order valence-corrected chi connectivity index (χ3v) is 35.6. The maximum absolute atomic E-state index is 14.2. The fraction of sp³-hybridized carbons (Fsp3) is 0.670. The Balaban J connectivity index is 0.000000105. The largest absolute Gasteiger partial charge is 0.494 e. The lowest BCUT2D eigenvalue weighted by Crippen LogP contribution is -2.41. The molecule has 10 fully saturated rings. The highest BCUT2D eigenvalue weighted by Crippen LogP contribution is 2.68. The molecule has 0 heterocycles. The Hall–Kier alpha value is -5.73. The molecule has 0 N–H and O–H groups in total. The summed E-state index contributed by atoms with van der Waals surface area (Å²) in [4.78, 5) is 0. The summed E-state index contributed by atoms with van der Waals surface area (Å²) in [6.45, 7) is 26.0. The van der Waals surface area contributed by atoms with Crippen molar-refractivity contribution in [3.63, 3.8) is 0 Å². The van der Waals surface area contributed by atoms with Crippen molar-refractivity contribution < 1.29 is 36.2 Å². The Morgan fingerprint density at radius 2 is 0.622 bits per heavy atom. The Morgan fingerprint density at radius 1 is 0.333 bits per heavy atom. The zero-order valence-electron chi connectivity index (χ0n) is 70.0. The number of fused-ring (bicyclic) bond motifs is 25. The molecule has 5 aromatic carbocycles. The van der Waals surface area contributed by atoms with E-state index in [0.717, 1.165) is 103 Å². The van der Waals surface area contributed by atoms with E-state index in [-0.39, 0.29) is 29.1 Å². The van der Waals surface area contributed by atoms with Crippen molar-refractivity contribution in [2.24, 2.45) is 98.1 Å². The number of rotatable bonds is 5. The van der Waals surface area contributed by atoms with E-state index in [9.17, 15) is 22.0 Å². The predicted octanol–water partition coefficient (Wildman–Crippen LogP) is 27.4. The van der Waals surface area contributed by atoms with Crippen LogP contribution in [-0.2, 0) is 32.1 Å². The molecule has 0 aromatic heterocycles. The maximum atomic E-state index is 14.2. The summed E-state index contributed by atoms with van der Waals surface area (Å²) >= 11 is 0. The fourth-order valence-electron chi connectivity index (χ4n) is 29.5. The van der Waals surface area contributed by atoms with Gasteiger partial charge in [-0.05, 0) is 464 Å². The number of benzene rings is 5. The van der Waals surface area contributed by atoms with Crippen molar-refractivity contribution in [2.45, 2.75) is 318 Å². The van der Waals surface area contributed by atoms with Gasteiger partial charge in [0.25, 0.3) is 0 Å². The van der Waals surface area contributed by atoms with Gasteiger partial charge in [0, 0.05) is 0 Å². The van der Waals surface area contributed by atoms with Crippen LogP contribution in [0.5, 0.6) is 17.2 Å². The van der Waals surface area contributed by atoms with Crippen LogP contribution in [0.3, 0.4) is 0 Å². The van der Waals surface area contributed by atoms with Gasteiger partial charge in [-0.15, -0.1) is 11.8 Å². The highest BCUT2D eigenvalue weighted by Gasteiger charge is 2.57. The van der Waals surface area contributed by atoms with Crippen LogP contribution in [0.2, 0.25) is 0 Å². The quantitative estimate of drug-likeness (QED) is 0.130. The molecule has 22 atom stereocenters. The van der Waals surface area contributed by atoms with Gasteiger partial charge in [0.05, 0.1) is 31.5 Å². The topological polar surface area (TPSA) is 27.7 Å². The molecule has 10 saturated carbocycles. The summed E-state index contributed by atoms with van der Waals surface area (Å²) in [7, 11) is 1.57.